The molecule has 0 unspecified atom stereocenters. The van der Waals surface area contributed by atoms with E-state index in [9.17, 15) is 13.2 Å². The summed E-state index contributed by atoms with van der Waals surface area (Å²) >= 11 is 0. The first kappa shape index (κ1) is 21.8. The Labute approximate surface area is 194 Å². The molecule has 0 aliphatic heterocycles. The highest BCUT2D eigenvalue weighted by Gasteiger charge is 2.33. The molecule has 5 rings (SSSR count). The number of aromatic nitrogens is 4. The highest BCUT2D eigenvalue weighted by molar-refractivity contribution is 5.85. The van der Waals surface area contributed by atoms with Gasteiger partial charge < -0.3 is 0 Å². The van der Waals surface area contributed by atoms with Gasteiger partial charge in [-0.1, -0.05) is 42.5 Å². The van der Waals surface area contributed by atoms with E-state index in [4.69, 9.17) is 10.1 Å². The summed E-state index contributed by atoms with van der Waals surface area (Å²) in [6.07, 6.45) is -3.36. The molecular formula is C27H21F3N4. The lowest BCUT2D eigenvalue weighted by atomic mass is 9.83. The standard InChI is InChI=1S/C27H21F3N4/c1-26(2,23-14-8-12-21(32-23)18-15-16-31-24(17-18)27(28,29)30)25-20-11-6-7-13-22(20)34(33-25)19-9-4-3-5-10-19/h3-17H,1-2H3. The fourth-order valence-corrected chi connectivity index (χ4v) is 4.10. The van der Waals surface area contributed by atoms with Crippen molar-refractivity contribution in [2.75, 3.05) is 0 Å². The summed E-state index contributed by atoms with van der Waals surface area (Å²) in [4.78, 5) is 8.21. The maximum atomic E-state index is 13.2. The number of benzene rings is 2. The topological polar surface area (TPSA) is 43.6 Å². The lowest BCUT2D eigenvalue weighted by Gasteiger charge is -2.23. The van der Waals surface area contributed by atoms with Crippen molar-refractivity contribution in [2.45, 2.75) is 25.4 Å². The van der Waals surface area contributed by atoms with Gasteiger partial charge in [0, 0.05) is 17.1 Å². The lowest BCUT2D eigenvalue weighted by molar-refractivity contribution is -0.141. The van der Waals surface area contributed by atoms with E-state index in [1.165, 1.54) is 6.07 Å². The Kier molecular flexibility index (Phi) is 5.20. The minimum Gasteiger partial charge on any atom is -0.252 e. The molecule has 0 amide bonds. The van der Waals surface area contributed by atoms with Gasteiger partial charge in [0.05, 0.1) is 33.7 Å². The van der Waals surface area contributed by atoms with Gasteiger partial charge >= 0.3 is 6.18 Å². The Hall–Kier alpha value is -4.00. The Bertz CT molecular complexity index is 1470. The summed E-state index contributed by atoms with van der Waals surface area (Å²) in [6.45, 7) is 4.05. The molecule has 0 bridgehead atoms. The van der Waals surface area contributed by atoms with Crippen molar-refractivity contribution < 1.29 is 13.2 Å². The van der Waals surface area contributed by atoms with Gasteiger partial charge in [-0.25, -0.2) is 4.68 Å². The number of hydrogen-bond donors (Lipinski definition) is 0. The smallest absolute Gasteiger partial charge is 0.252 e. The molecule has 0 atom stereocenters. The van der Waals surface area contributed by atoms with Crippen molar-refractivity contribution in [3.05, 3.63) is 108 Å². The molecule has 0 saturated carbocycles. The van der Waals surface area contributed by atoms with E-state index < -0.39 is 17.3 Å². The van der Waals surface area contributed by atoms with E-state index >= 15 is 0 Å². The summed E-state index contributed by atoms with van der Waals surface area (Å²) in [5.74, 6) is 0. The van der Waals surface area contributed by atoms with Gasteiger partial charge in [0.2, 0.25) is 0 Å². The third-order valence-corrected chi connectivity index (χ3v) is 5.92. The second kappa shape index (κ2) is 8.09. The van der Waals surface area contributed by atoms with Crippen molar-refractivity contribution in [3.63, 3.8) is 0 Å². The Morgan fingerprint density at radius 2 is 1.50 bits per heavy atom. The van der Waals surface area contributed by atoms with E-state index in [-0.39, 0.29) is 0 Å². The summed E-state index contributed by atoms with van der Waals surface area (Å²) in [6, 6.07) is 25.8. The van der Waals surface area contributed by atoms with Crippen LogP contribution in [0.2, 0.25) is 0 Å². The zero-order valence-electron chi connectivity index (χ0n) is 18.6. The van der Waals surface area contributed by atoms with Gasteiger partial charge in [-0.05, 0) is 56.3 Å². The van der Waals surface area contributed by atoms with Gasteiger partial charge in [0.25, 0.3) is 0 Å². The SMILES string of the molecule is CC(C)(c1cccc(-c2ccnc(C(F)(F)F)c2)n1)c1nn(-c2ccccc2)c2ccccc12. The number of pyridine rings is 2. The van der Waals surface area contributed by atoms with Crippen LogP contribution in [-0.4, -0.2) is 19.7 Å². The number of fused-ring (bicyclic) bond motifs is 1. The van der Waals surface area contributed by atoms with Gasteiger partial charge in [-0.3, -0.25) is 9.97 Å². The van der Waals surface area contributed by atoms with Crippen LogP contribution in [0.1, 0.15) is 30.9 Å². The Balaban J connectivity index is 1.63. The molecule has 0 fully saturated rings. The second-order valence-electron chi connectivity index (χ2n) is 8.57. The predicted molar refractivity (Wildman–Crippen MR) is 126 cm³/mol. The molecule has 0 saturated heterocycles. The molecule has 170 valence electrons. The Morgan fingerprint density at radius 3 is 2.26 bits per heavy atom. The lowest BCUT2D eigenvalue weighted by Crippen LogP contribution is -2.22. The second-order valence-corrected chi connectivity index (χ2v) is 8.57. The van der Waals surface area contributed by atoms with Gasteiger partial charge in [0.15, 0.2) is 0 Å². The van der Waals surface area contributed by atoms with Crippen LogP contribution in [0.3, 0.4) is 0 Å². The number of para-hydroxylation sites is 2. The molecular weight excluding hydrogens is 437 g/mol. The molecule has 34 heavy (non-hydrogen) atoms. The molecule has 3 aromatic heterocycles. The molecule has 2 aromatic carbocycles. The van der Waals surface area contributed by atoms with Crippen LogP contribution in [0.15, 0.2) is 91.1 Å². The number of nitrogens with zero attached hydrogens (tertiary/aromatic N) is 4. The summed E-state index contributed by atoms with van der Waals surface area (Å²) in [5, 5.41) is 5.97. The number of halogens is 3. The predicted octanol–water partition coefficient (Wildman–Crippen LogP) is 6.83. The van der Waals surface area contributed by atoms with Crippen LogP contribution in [0.4, 0.5) is 13.2 Å². The molecule has 7 heteroatoms. The van der Waals surface area contributed by atoms with E-state index in [2.05, 4.69) is 4.98 Å². The van der Waals surface area contributed by atoms with Crippen molar-refractivity contribution in [1.82, 2.24) is 19.7 Å². The first-order valence-corrected chi connectivity index (χ1v) is 10.8. The third kappa shape index (κ3) is 3.83. The largest absolute Gasteiger partial charge is 0.433 e. The van der Waals surface area contributed by atoms with Crippen LogP contribution in [0.25, 0.3) is 27.8 Å². The van der Waals surface area contributed by atoms with Gasteiger partial charge in [-0.15, -0.1) is 0 Å². The molecule has 0 radical (unpaired) electrons. The summed E-state index contributed by atoms with van der Waals surface area (Å²) < 4.78 is 41.4. The van der Waals surface area contributed by atoms with Crippen LogP contribution in [0, 0.1) is 0 Å². The zero-order chi connectivity index (χ0) is 23.9. The van der Waals surface area contributed by atoms with Crippen molar-refractivity contribution >= 4 is 10.9 Å². The van der Waals surface area contributed by atoms with E-state index in [0.29, 0.717) is 17.0 Å². The van der Waals surface area contributed by atoms with Crippen molar-refractivity contribution in [2.24, 2.45) is 0 Å². The first-order valence-electron chi connectivity index (χ1n) is 10.8. The van der Waals surface area contributed by atoms with E-state index in [0.717, 1.165) is 34.5 Å². The molecule has 4 nitrogen and oxygen atoms in total. The average molecular weight is 458 g/mol. The van der Waals surface area contributed by atoms with Crippen molar-refractivity contribution in [3.8, 4) is 16.9 Å². The van der Waals surface area contributed by atoms with Crippen LogP contribution >= 0.6 is 0 Å². The molecule has 3 heterocycles. The maximum Gasteiger partial charge on any atom is 0.433 e. The monoisotopic (exact) mass is 458 g/mol. The normalized spacial score (nSPS) is 12.3. The molecule has 5 aromatic rings. The molecule has 0 spiro atoms. The van der Waals surface area contributed by atoms with E-state index in [1.54, 1.807) is 6.07 Å². The minimum absolute atomic E-state index is 0.361. The Morgan fingerprint density at radius 1 is 0.765 bits per heavy atom. The fraction of sp³-hybridized carbons (Fsp3) is 0.148. The quantitative estimate of drug-likeness (QED) is 0.297. The highest BCUT2D eigenvalue weighted by atomic mass is 19.4. The van der Waals surface area contributed by atoms with Crippen LogP contribution < -0.4 is 0 Å². The zero-order valence-corrected chi connectivity index (χ0v) is 18.6. The number of rotatable bonds is 4. The third-order valence-electron chi connectivity index (χ3n) is 5.92. The minimum atomic E-state index is -4.52. The van der Waals surface area contributed by atoms with Crippen LogP contribution in [0.5, 0.6) is 0 Å². The maximum absolute atomic E-state index is 13.2. The van der Waals surface area contributed by atoms with Crippen molar-refractivity contribution in [1.29, 1.82) is 0 Å². The van der Waals surface area contributed by atoms with Gasteiger partial charge in [0.1, 0.15) is 5.69 Å². The van der Waals surface area contributed by atoms with E-state index in [1.807, 2.05) is 85.3 Å². The number of hydrogen-bond acceptors (Lipinski definition) is 3. The van der Waals surface area contributed by atoms with Gasteiger partial charge in [-0.2, -0.15) is 18.3 Å². The highest BCUT2D eigenvalue weighted by Crippen LogP contribution is 2.36. The average Bonchev–Trinajstić information content (AvgIpc) is 3.25. The fourth-order valence-electron chi connectivity index (χ4n) is 4.10. The number of alkyl halides is 3. The summed E-state index contributed by atoms with van der Waals surface area (Å²) in [7, 11) is 0. The van der Waals surface area contributed by atoms with Crippen LogP contribution in [-0.2, 0) is 11.6 Å². The molecule has 0 N–H and O–H groups in total. The molecule has 0 aliphatic rings. The first-order chi connectivity index (χ1) is 16.2. The summed E-state index contributed by atoms with van der Waals surface area (Å²) in [5.41, 5.74) is 2.71. The molecule has 0 aliphatic carbocycles.